The fourth-order valence-electron chi connectivity index (χ4n) is 2.20. The van der Waals surface area contributed by atoms with Crippen LogP contribution in [0.2, 0.25) is 0 Å². The molecule has 0 aromatic carbocycles. The lowest BCUT2D eigenvalue weighted by molar-refractivity contribution is -0.0521. The minimum absolute atomic E-state index is 0.389. The molecule has 0 spiro atoms. The summed E-state index contributed by atoms with van der Waals surface area (Å²) in [6.07, 6.45) is 2.81. The molecule has 1 heterocycles. The minimum Gasteiger partial charge on any atom is -0.376 e. The quantitative estimate of drug-likeness (QED) is 0.751. The van der Waals surface area contributed by atoms with Crippen LogP contribution in [0.25, 0.3) is 0 Å². The predicted octanol–water partition coefficient (Wildman–Crippen LogP) is 1.87. The van der Waals surface area contributed by atoms with Crippen LogP contribution in [-0.4, -0.2) is 49.3 Å². The average Bonchev–Trinajstić information content (AvgIpc) is 2.28. The molecule has 0 aliphatic carbocycles. The lowest BCUT2D eigenvalue weighted by Gasteiger charge is -2.38. The molecule has 3 unspecified atom stereocenters. The van der Waals surface area contributed by atoms with Gasteiger partial charge in [-0.15, -0.1) is 0 Å². The van der Waals surface area contributed by atoms with Gasteiger partial charge in [-0.05, 0) is 33.2 Å². The summed E-state index contributed by atoms with van der Waals surface area (Å²) in [5.41, 5.74) is 0. The van der Waals surface area contributed by atoms with Crippen LogP contribution in [0.1, 0.15) is 40.5 Å². The highest BCUT2D eigenvalue weighted by molar-refractivity contribution is 4.79. The van der Waals surface area contributed by atoms with Gasteiger partial charge in [-0.2, -0.15) is 0 Å². The number of rotatable bonds is 6. The summed E-state index contributed by atoms with van der Waals surface area (Å²) in [6.45, 7) is 13.2. The molecule has 1 saturated heterocycles. The molecule has 1 aliphatic heterocycles. The van der Waals surface area contributed by atoms with Crippen molar-refractivity contribution in [2.45, 2.75) is 58.7 Å². The van der Waals surface area contributed by atoms with E-state index >= 15 is 0 Å². The topological polar surface area (TPSA) is 24.5 Å². The second-order valence-electron chi connectivity index (χ2n) is 5.01. The second-order valence-corrected chi connectivity index (χ2v) is 5.01. The van der Waals surface area contributed by atoms with E-state index in [-0.39, 0.29) is 0 Å². The molecule has 0 saturated carbocycles. The third-order valence-corrected chi connectivity index (χ3v) is 3.37. The maximum Gasteiger partial charge on any atom is 0.0674 e. The number of nitrogens with zero attached hydrogens (tertiary/aromatic N) is 1. The lowest BCUT2D eigenvalue weighted by Crippen LogP contribution is -2.52. The molecule has 3 atom stereocenters. The van der Waals surface area contributed by atoms with Gasteiger partial charge in [0.05, 0.1) is 12.7 Å². The van der Waals surface area contributed by atoms with Crippen LogP contribution >= 0.6 is 0 Å². The predicted molar refractivity (Wildman–Crippen MR) is 68.8 cm³/mol. The van der Waals surface area contributed by atoms with Crippen LogP contribution < -0.4 is 5.32 Å². The fourth-order valence-corrected chi connectivity index (χ4v) is 2.20. The molecule has 0 amide bonds. The Labute approximate surface area is 101 Å². The highest BCUT2D eigenvalue weighted by Crippen LogP contribution is 2.12. The molecule has 0 radical (unpaired) electrons. The maximum atomic E-state index is 5.65. The summed E-state index contributed by atoms with van der Waals surface area (Å²) in [5.74, 6) is 0. The summed E-state index contributed by atoms with van der Waals surface area (Å²) in [4.78, 5) is 2.56. The normalized spacial score (nSPS) is 29.2. The molecule has 1 aliphatic rings. The SMILES string of the molecule is CCCNC(CC)CN1CC(C)OCC1C. The Balaban J connectivity index is 2.36. The van der Waals surface area contributed by atoms with Gasteiger partial charge >= 0.3 is 0 Å². The van der Waals surface area contributed by atoms with E-state index in [1.54, 1.807) is 0 Å². The first-order chi connectivity index (χ1) is 7.67. The molecule has 0 aromatic heterocycles. The van der Waals surface area contributed by atoms with E-state index in [0.29, 0.717) is 18.2 Å². The molecule has 3 heteroatoms. The molecule has 3 nitrogen and oxygen atoms in total. The molecular weight excluding hydrogens is 200 g/mol. The van der Waals surface area contributed by atoms with Crippen molar-refractivity contribution in [1.82, 2.24) is 10.2 Å². The van der Waals surface area contributed by atoms with Gasteiger partial charge in [-0.1, -0.05) is 13.8 Å². The van der Waals surface area contributed by atoms with Crippen molar-refractivity contribution in [2.75, 3.05) is 26.2 Å². The number of hydrogen-bond acceptors (Lipinski definition) is 3. The number of hydrogen-bond donors (Lipinski definition) is 1. The van der Waals surface area contributed by atoms with Crippen LogP contribution in [0.5, 0.6) is 0 Å². The highest BCUT2D eigenvalue weighted by atomic mass is 16.5. The number of ether oxygens (including phenoxy) is 1. The van der Waals surface area contributed by atoms with E-state index in [1.807, 2.05) is 0 Å². The molecule has 1 N–H and O–H groups in total. The van der Waals surface area contributed by atoms with Crippen molar-refractivity contribution < 1.29 is 4.74 Å². The zero-order valence-corrected chi connectivity index (χ0v) is 11.3. The van der Waals surface area contributed by atoms with Crippen LogP contribution in [0.4, 0.5) is 0 Å². The van der Waals surface area contributed by atoms with Crippen molar-refractivity contribution in [3.8, 4) is 0 Å². The van der Waals surface area contributed by atoms with Gasteiger partial charge in [0.2, 0.25) is 0 Å². The number of nitrogens with one attached hydrogen (secondary N) is 1. The zero-order valence-electron chi connectivity index (χ0n) is 11.3. The average molecular weight is 228 g/mol. The largest absolute Gasteiger partial charge is 0.376 e. The molecule has 16 heavy (non-hydrogen) atoms. The van der Waals surface area contributed by atoms with E-state index in [9.17, 15) is 0 Å². The summed E-state index contributed by atoms with van der Waals surface area (Å²) in [7, 11) is 0. The van der Waals surface area contributed by atoms with E-state index in [2.05, 4.69) is 37.9 Å². The summed E-state index contributed by atoms with van der Waals surface area (Å²) in [5, 5.41) is 3.62. The summed E-state index contributed by atoms with van der Waals surface area (Å²) in [6, 6.07) is 1.20. The van der Waals surface area contributed by atoms with Crippen LogP contribution in [0.15, 0.2) is 0 Å². The first-order valence-electron chi connectivity index (χ1n) is 6.76. The van der Waals surface area contributed by atoms with E-state index in [0.717, 1.165) is 26.2 Å². The van der Waals surface area contributed by atoms with Crippen molar-refractivity contribution in [3.63, 3.8) is 0 Å². The lowest BCUT2D eigenvalue weighted by atomic mass is 10.1. The highest BCUT2D eigenvalue weighted by Gasteiger charge is 2.24. The van der Waals surface area contributed by atoms with Gasteiger partial charge in [0, 0.05) is 25.2 Å². The fraction of sp³-hybridized carbons (Fsp3) is 1.00. The molecule has 96 valence electrons. The Morgan fingerprint density at radius 2 is 2.12 bits per heavy atom. The van der Waals surface area contributed by atoms with Crippen LogP contribution in [-0.2, 0) is 4.74 Å². The minimum atomic E-state index is 0.389. The van der Waals surface area contributed by atoms with E-state index in [4.69, 9.17) is 4.74 Å². The Bertz CT molecular complexity index is 187. The monoisotopic (exact) mass is 228 g/mol. The zero-order chi connectivity index (χ0) is 12.0. The third-order valence-electron chi connectivity index (χ3n) is 3.37. The van der Waals surface area contributed by atoms with Gasteiger partial charge in [-0.25, -0.2) is 0 Å². The summed E-state index contributed by atoms with van der Waals surface area (Å²) < 4.78 is 5.65. The molecule has 0 bridgehead atoms. The van der Waals surface area contributed by atoms with Crippen molar-refractivity contribution >= 4 is 0 Å². The first kappa shape index (κ1) is 13.9. The molecule has 1 fully saturated rings. The Morgan fingerprint density at radius 1 is 1.38 bits per heavy atom. The molecule has 1 rings (SSSR count). The van der Waals surface area contributed by atoms with Crippen molar-refractivity contribution in [3.05, 3.63) is 0 Å². The van der Waals surface area contributed by atoms with E-state index < -0.39 is 0 Å². The second kappa shape index (κ2) is 7.25. The van der Waals surface area contributed by atoms with E-state index in [1.165, 1.54) is 12.8 Å². The molecular formula is C13H28N2O. The standard InChI is InChI=1S/C13H28N2O/c1-5-7-14-13(6-2)9-15-8-12(4)16-10-11(15)3/h11-14H,5-10H2,1-4H3. The Hall–Kier alpha value is -0.120. The van der Waals surface area contributed by atoms with Crippen LogP contribution in [0, 0.1) is 0 Å². The first-order valence-corrected chi connectivity index (χ1v) is 6.76. The molecule has 0 aromatic rings. The van der Waals surface area contributed by atoms with Crippen molar-refractivity contribution in [1.29, 1.82) is 0 Å². The maximum absolute atomic E-state index is 5.65. The Kier molecular flexibility index (Phi) is 6.32. The summed E-state index contributed by atoms with van der Waals surface area (Å²) >= 11 is 0. The van der Waals surface area contributed by atoms with Gasteiger partial charge < -0.3 is 10.1 Å². The Morgan fingerprint density at radius 3 is 2.75 bits per heavy atom. The number of morpholine rings is 1. The van der Waals surface area contributed by atoms with Gasteiger partial charge in [0.1, 0.15) is 0 Å². The van der Waals surface area contributed by atoms with Gasteiger partial charge in [-0.3, -0.25) is 4.90 Å². The van der Waals surface area contributed by atoms with Gasteiger partial charge in [0.25, 0.3) is 0 Å². The third kappa shape index (κ3) is 4.40. The van der Waals surface area contributed by atoms with Crippen molar-refractivity contribution in [2.24, 2.45) is 0 Å². The van der Waals surface area contributed by atoms with Gasteiger partial charge in [0.15, 0.2) is 0 Å². The smallest absolute Gasteiger partial charge is 0.0674 e. The van der Waals surface area contributed by atoms with Crippen LogP contribution in [0.3, 0.4) is 0 Å².